The van der Waals surface area contributed by atoms with Gasteiger partial charge in [-0.1, -0.05) is 0 Å². The number of carbonyl (C=O) groups is 1. The van der Waals surface area contributed by atoms with Gasteiger partial charge in [-0.15, -0.1) is 0 Å². The first kappa shape index (κ1) is 13.6. The molecule has 21 heavy (non-hydrogen) atoms. The molecule has 1 N–H and O–H groups in total. The van der Waals surface area contributed by atoms with E-state index in [2.05, 4.69) is 15.0 Å². The van der Waals surface area contributed by atoms with E-state index in [9.17, 15) is 4.79 Å². The van der Waals surface area contributed by atoms with Crippen molar-refractivity contribution in [3.8, 4) is 5.88 Å². The summed E-state index contributed by atoms with van der Waals surface area (Å²) < 4.78 is 5.16. The topological polar surface area (TPSA) is 71.1 Å². The van der Waals surface area contributed by atoms with E-state index in [1.807, 2.05) is 18.0 Å². The number of aromatic amines is 1. The lowest BCUT2D eigenvalue weighted by atomic mass is 10.1. The maximum absolute atomic E-state index is 12.6. The van der Waals surface area contributed by atoms with Crippen molar-refractivity contribution in [1.82, 2.24) is 19.9 Å². The van der Waals surface area contributed by atoms with Crippen LogP contribution in [0.2, 0.25) is 0 Å². The monoisotopic (exact) mass is 286 g/mol. The Bertz CT molecular complexity index is 653. The van der Waals surface area contributed by atoms with Crippen molar-refractivity contribution in [2.24, 2.45) is 0 Å². The first-order valence-electron chi connectivity index (χ1n) is 6.99. The number of likely N-dealkylation sites (tertiary alicyclic amines) is 1. The van der Waals surface area contributed by atoms with Crippen molar-refractivity contribution in [2.75, 3.05) is 20.2 Å². The third-order valence-corrected chi connectivity index (χ3v) is 3.78. The highest BCUT2D eigenvalue weighted by Crippen LogP contribution is 2.27. The Morgan fingerprint density at radius 3 is 3.05 bits per heavy atom. The number of aromatic nitrogens is 3. The smallest absolute Gasteiger partial charge is 0.259 e. The number of nitrogens with zero attached hydrogens (tertiary/aromatic N) is 3. The van der Waals surface area contributed by atoms with E-state index < -0.39 is 0 Å². The summed E-state index contributed by atoms with van der Waals surface area (Å²) in [7, 11) is 1.53. The van der Waals surface area contributed by atoms with Gasteiger partial charge in [-0.3, -0.25) is 4.79 Å². The highest BCUT2D eigenvalue weighted by Gasteiger charge is 2.30. The average molecular weight is 286 g/mol. The summed E-state index contributed by atoms with van der Waals surface area (Å²) in [6, 6.07) is 3.50. The molecule has 1 atom stereocenters. The number of pyridine rings is 1. The normalized spacial score (nSPS) is 18.0. The molecule has 1 amide bonds. The summed E-state index contributed by atoms with van der Waals surface area (Å²) >= 11 is 0. The van der Waals surface area contributed by atoms with Crippen LogP contribution in [-0.2, 0) is 0 Å². The van der Waals surface area contributed by atoms with Crippen LogP contribution in [-0.4, -0.2) is 46.0 Å². The van der Waals surface area contributed by atoms with Crippen molar-refractivity contribution >= 4 is 5.91 Å². The Morgan fingerprint density at radius 2 is 2.33 bits per heavy atom. The van der Waals surface area contributed by atoms with Crippen LogP contribution in [0.5, 0.6) is 5.88 Å². The van der Waals surface area contributed by atoms with Crippen LogP contribution in [0.4, 0.5) is 0 Å². The number of hydrogen-bond donors (Lipinski definition) is 1. The number of methoxy groups -OCH3 is 1. The van der Waals surface area contributed by atoms with E-state index in [1.54, 1.807) is 18.3 Å². The average Bonchev–Trinajstić information content (AvgIpc) is 3.15. The van der Waals surface area contributed by atoms with Gasteiger partial charge in [0.05, 0.1) is 7.11 Å². The molecule has 0 spiro atoms. The number of H-pyrrole nitrogens is 1. The number of amides is 1. The fourth-order valence-corrected chi connectivity index (χ4v) is 2.69. The quantitative estimate of drug-likeness (QED) is 0.933. The first-order chi connectivity index (χ1) is 10.2. The van der Waals surface area contributed by atoms with Crippen LogP contribution < -0.4 is 4.74 Å². The van der Waals surface area contributed by atoms with Crippen molar-refractivity contribution in [1.29, 1.82) is 0 Å². The number of aryl methyl sites for hydroxylation is 1. The second kappa shape index (κ2) is 5.55. The van der Waals surface area contributed by atoms with Crippen LogP contribution in [0.25, 0.3) is 0 Å². The standard InChI is InChI=1S/C15H18N4O2/c1-10-8-17-13(18-10)11-5-7-19(9-11)15(20)12-4-3-6-16-14(12)21-2/h3-4,6,8,11H,5,7,9H2,1-2H3,(H,17,18)/t11-/m0/s1. The van der Waals surface area contributed by atoms with E-state index in [0.29, 0.717) is 18.0 Å². The van der Waals surface area contributed by atoms with Gasteiger partial charge >= 0.3 is 0 Å². The molecule has 2 aromatic rings. The predicted molar refractivity (Wildman–Crippen MR) is 77.4 cm³/mol. The molecule has 0 aromatic carbocycles. The molecule has 1 saturated heterocycles. The van der Waals surface area contributed by atoms with Gasteiger partial charge < -0.3 is 14.6 Å². The minimum absolute atomic E-state index is 0.0364. The van der Waals surface area contributed by atoms with Crippen molar-refractivity contribution in [2.45, 2.75) is 19.3 Å². The summed E-state index contributed by atoms with van der Waals surface area (Å²) in [5.74, 6) is 1.57. The molecule has 0 bridgehead atoms. The molecule has 0 unspecified atom stereocenters. The SMILES string of the molecule is COc1ncccc1C(=O)N1CC[C@H](c2ncc(C)[nH]2)C1. The molecule has 0 radical (unpaired) electrons. The van der Waals surface area contributed by atoms with Gasteiger partial charge in [-0.05, 0) is 25.5 Å². The lowest BCUT2D eigenvalue weighted by Gasteiger charge is -2.17. The Morgan fingerprint density at radius 1 is 1.48 bits per heavy atom. The lowest BCUT2D eigenvalue weighted by molar-refractivity contribution is 0.0786. The maximum Gasteiger partial charge on any atom is 0.259 e. The van der Waals surface area contributed by atoms with Gasteiger partial charge in [-0.2, -0.15) is 0 Å². The number of ether oxygens (including phenoxy) is 1. The highest BCUT2D eigenvalue weighted by molar-refractivity contribution is 5.96. The first-order valence-corrected chi connectivity index (χ1v) is 6.99. The minimum atomic E-state index is -0.0364. The molecule has 110 valence electrons. The van der Waals surface area contributed by atoms with Crippen LogP contribution >= 0.6 is 0 Å². The molecule has 1 aliphatic heterocycles. The third kappa shape index (κ3) is 2.61. The van der Waals surface area contributed by atoms with Crippen LogP contribution in [0, 0.1) is 6.92 Å². The van der Waals surface area contributed by atoms with Gasteiger partial charge in [0.15, 0.2) is 0 Å². The fourth-order valence-electron chi connectivity index (χ4n) is 2.69. The molecule has 2 aromatic heterocycles. The zero-order chi connectivity index (χ0) is 14.8. The summed E-state index contributed by atoms with van der Waals surface area (Å²) in [4.78, 5) is 26.1. The fraction of sp³-hybridized carbons (Fsp3) is 0.400. The lowest BCUT2D eigenvalue weighted by Crippen LogP contribution is -2.29. The third-order valence-electron chi connectivity index (χ3n) is 3.78. The second-order valence-corrected chi connectivity index (χ2v) is 5.25. The second-order valence-electron chi connectivity index (χ2n) is 5.25. The Kier molecular flexibility index (Phi) is 3.60. The van der Waals surface area contributed by atoms with Crippen molar-refractivity contribution in [3.63, 3.8) is 0 Å². The van der Waals surface area contributed by atoms with Crippen molar-refractivity contribution < 1.29 is 9.53 Å². The van der Waals surface area contributed by atoms with E-state index in [1.165, 1.54) is 7.11 Å². The predicted octanol–water partition coefficient (Wildman–Crippen LogP) is 1.75. The largest absolute Gasteiger partial charge is 0.480 e. The molecule has 1 fully saturated rings. The van der Waals surface area contributed by atoms with Gasteiger partial charge in [0.2, 0.25) is 5.88 Å². The molecular weight excluding hydrogens is 268 g/mol. The summed E-state index contributed by atoms with van der Waals surface area (Å²) in [6.07, 6.45) is 4.36. The van der Waals surface area contributed by atoms with Crippen LogP contribution in [0.3, 0.4) is 0 Å². The molecule has 3 heterocycles. The Balaban J connectivity index is 1.75. The number of carbonyl (C=O) groups excluding carboxylic acids is 1. The van der Waals surface area contributed by atoms with Crippen LogP contribution in [0.15, 0.2) is 24.5 Å². The van der Waals surface area contributed by atoms with Crippen molar-refractivity contribution in [3.05, 3.63) is 41.6 Å². The Labute approximate surface area is 123 Å². The van der Waals surface area contributed by atoms with Crippen LogP contribution in [0.1, 0.15) is 34.2 Å². The minimum Gasteiger partial charge on any atom is -0.480 e. The van der Waals surface area contributed by atoms with Gasteiger partial charge in [0.25, 0.3) is 5.91 Å². The van der Waals surface area contributed by atoms with Gasteiger partial charge in [-0.25, -0.2) is 9.97 Å². The van der Waals surface area contributed by atoms with Gasteiger partial charge in [0.1, 0.15) is 11.4 Å². The Hall–Kier alpha value is -2.37. The molecule has 0 aliphatic carbocycles. The van der Waals surface area contributed by atoms with Gasteiger partial charge in [0, 0.05) is 37.1 Å². The molecular formula is C15H18N4O2. The zero-order valence-electron chi connectivity index (χ0n) is 12.2. The summed E-state index contributed by atoms with van der Waals surface area (Å²) in [5.41, 5.74) is 1.56. The molecule has 1 aliphatic rings. The highest BCUT2D eigenvalue weighted by atomic mass is 16.5. The zero-order valence-corrected chi connectivity index (χ0v) is 12.2. The van der Waals surface area contributed by atoms with E-state index in [0.717, 1.165) is 24.5 Å². The number of nitrogens with one attached hydrogen (secondary N) is 1. The number of rotatable bonds is 3. The van der Waals surface area contributed by atoms with E-state index in [4.69, 9.17) is 4.74 Å². The molecule has 6 nitrogen and oxygen atoms in total. The summed E-state index contributed by atoms with van der Waals surface area (Å²) in [5, 5.41) is 0. The number of imidazole rings is 1. The molecule has 0 saturated carbocycles. The summed E-state index contributed by atoms with van der Waals surface area (Å²) in [6.45, 7) is 3.38. The molecule has 6 heteroatoms. The maximum atomic E-state index is 12.6. The van der Waals surface area contributed by atoms with E-state index in [-0.39, 0.29) is 11.8 Å². The van der Waals surface area contributed by atoms with E-state index >= 15 is 0 Å². The number of hydrogen-bond acceptors (Lipinski definition) is 4. The molecule has 3 rings (SSSR count).